The van der Waals surface area contributed by atoms with Gasteiger partial charge < -0.3 is 5.32 Å². The first-order valence-corrected chi connectivity index (χ1v) is 8.25. The Morgan fingerprint density at radius 3 is 2.04 bits per heavy atom. The van der Waals surface area contributed by atoms with Crippen LogP contribution in [0.2, 0.25) is 0 Å². The summed E-state index contributed by atoms with van der Waals surface area (Å²) in [6.07, 6.45) is -4.40. The van der Waals surface area contributed by atoms with Crippen LogP contribution in [0.5, 0.6) is 0 Å². The Bertz CT molecular complexity index is 976. The molecule has 0 aliphatic rings. The van der Waals surface area contributed by atoms with Crippen molar-refractivity contribution in [1.82, 2.24) is 0 Å². The standard InChI is InChI=1S/C21H14F5NO/c22-17-6-3-7-18(23)19(17)20(28)27-15-10-8-13(9-11-15)12-14-4-1-2-5-16(14)21(24,25)26/h1-11H,12H2,(H,27,28). The molecule has 28 heavy (non-hydrogen) atoms. The molecule has 0 saturated heterocycles. The lowest BCUT2D eigenvalue weighted by Crippen LogP contribution is -2.15. The van der Waals surface area contributed by atoms with E-state index < -0.39 is 34.8 Å². The van der Waals surface area contributed by atoms with E-state index in [0.717, 1.165) is 24.3 Å². The molecule has 144 valence electrons. The third kappa shape index (κ3) is 4.36. The van der Waals surface area contributed by atoms with Gasteiger partial charge in [-0.15, -0.1) is 0 Å². The second kappa shape index (κ2) is 7.80. The Kier molecular flexibility index (Phi) is 5.44. The SMILES string of the molecule is O=C(Nc1ccc(Cc2ccccc2C(F)(F)F)cc1)c1c(F)cccc1F. The highest BCUT2D eigenvalue weighted by atomic mass is 19.4. The molecule has 3 aromatic carbocycles. The quantitative estimate of drug-likeness (QED) is 0.558. The first kappa shape index (κ1) is 19.5. The van der Waals surface area contributed by atoms with Crippen LogP contribution in [0.4, 0.5) is 27.6 Å². The maximum absolute atomic E-state index is 13.7. The maximum atomic E-state index is 13.7. The van der Waals surface area contributed by atoms with E-state index in [1.54, 1.807) is 12.1 Å². The summed E-state index contributed by atoms with van der Waals surface area (Å²) in [4.78, 5) is 12.1. The molecule has 0 aliphatic carbocycles. The van der Waals surface area contributed by atoms with Crippen LogP contribution in [0, 0.1) is 11.6 Å². The van der Waals surface area contributed by atoms with Crippen LogP contribution >= 0.6 is 0 Å². The van der Waals surface area contributed by atoms with Crippen LogP contribution in [0.3, 0.4) is 0 Å². The number of alkyl halides is 3. The van der Waals surface area contributed by atoms with E-state index in [4.69, 9.17) is 0 Å². The number of rotatable bonds is 4. The molecular formula is C21H14F5NO. The molecule has 0 radical (unpaired) electrons. The molecule has 0 aliphatic heterocycles. The minimum Gasteiger partial charge on any atom is -0.322 e. The molecule has 0 saturated carbocycles. The molecule has 1 amide bonds. The van der Waals surface area contributed by atoms with E-state index in [2.05, 4.69) is 5.32 Å². The number of hydrogen-bond acceptors (Lipinski definition) is 1. The maximum Gasteiger partial charge on any atom is 0.416 e. The molecule has 0 bridgehead atoms. The molecule has 7 heteroatoms. The second-order valence-corrected chi connectivity index (χ2v) is 6.08. The molecular weight excluding hydrogens is 377 g/mol. The number of nitrogens with one attached hydrogen (secondary N) is 1. The van der Waals surface area contributed by atoms with Gasteiger partial charge in [0.15, 0.2) is 0 Å². The van der Waals surface area contributed by atoms with Gasteiger partial charge in [-0.05, 0) is 47.9 Å². The summed E-state index contributed by atoms with van der Waals surface area (Å²) in [5.74, 6) is -2.93. The minimum atomic E-state index is -4.45. The van der Waals surface area contributed by atoms with Crippen molar-refractivity contribution in [3.63, 3.8) is 0 Å². The van der Waals surface area contributed by atoms with Crippen molar-refractivity contribution in [2.75, 3.05) is 5.32 Å². The van der Waals surface area contributed by atoms with Crippen molar-refractivity contribution in [2.24, 2.45) is 0 Å². The van der Waals surface area contributed by atoms with Crippen molar-refractivity contribution in [2.45, 2.75) is 12.6 Å². The van der Waals surface area contributed by atoms with E-state index in [9.17, 15) is 26.7 Å². The number of anilines is 1. The number of carbonyl (C=O) groups excluding carboxylic acids is 1. The highest BCUT2D eigenvalue weighted by Crippen LogP contribution is 2.33. The van der Waals surface area contributed by atoms with Crippen LogP contribution in [0.25, 0.3) is 0 Å². The topological polar surface area (TPSA) is 29.1 Å². The van der Waals surface area contributed by atoms with Gasteiger partial charge in [-0.2, -0.15) is 13.2 Å². The van der Waals surface area contributed by atoms with Gasteiger partial charge in [-0.25, -0.2) is 8.78 Å². The van der Waals surface area contributed by atoms with Gasteiger partial charge in [0.2, 0.25) is 0 Å². The Balaban J connectivity index is 1.76. The molecule has 0 spiro atoms. The van der Waals surface area contributed by atoms with E-state index in [-0.39, 0.29) is 17.7 Å². The highest BCUT2D eigenvalue weighted by Gasteiger charge is 2.32. The molecule has 3 rings (SSSR count). The average molecular weight is 391 g/mol. The number of hydrogen-bond donors (Lipinski definition) is 1. The van der Waals surface area contributed by atoms with Crippen molar-refractivity contribution in [1.29, 1.82) is 0 Å². The first-order chi connectivity index (χ1) is 13.3. The number of carbonyl (C=O) groups is 1. The predicted octanol–water partition coefficient (Wildman–Crippen LogP) is 5.83. The third-order valence-corrected chi connectivity index (χ3v) is 4.12. The van der Waals surface area contributed by atoms with Crippen molar-refractivity contribution >= 4 is 11.6 Å². The summed E-state index contributed by atoms with van der Waals surface area (Å²) in [6, 6.07) is 14.4. The van der Waals surface area contributed by atoms with Crippen LogP contribution in [0.1, 0.15) is 27.0 Å². The van der Waals surface area contributed by atoms with Crippen LogP contribution < -0.4 is 5.32 Å². The lowest BCUT2D eigenvalue weighted by atomic mass is 9.99. The highest BCUT2D eigenvalue weighted by molar-refractivity contribution is 6.04. The summed E-state index contributed by atoms with van der Waals surface area (Å²) in [5, 5.41) is 2.37. The van der Waals surface area contributed by atoms with Crippen LogP contribution in [-0.2, 0) is 12.6 Å². The predicted molar refractivity (Wildman–Crippen MR) is 95.0 cm³/mol. The van der Waals surface area contributed by atoms with E-state index in [0.29, 0.717) is 5.56 Å². The molecule has 2 nitrogen and oxygen atoms in total. The van der Waals surface area contributed by atoms with Gasteiger partial charge in [0, 0.05) is 5.69 Å². The van der Waals surface area contributed by atoms with Gasteiger partial charge in [-0.3, -0.25) is 4.79 Å². The van der Waals surface area contributed by atoms with E-state index >= 15 is 0 Å². The zero-order valence-corrected chi connectivity index (χ0v) is 14.4. The van der Waals surface area contributed by atoms with Gasteiger partial charge in [0.1, 0.15) is 17.2 Å². The zero-order valence-electron chi connectivity index (χ0n) is 14.4. The molecule has 0 heterocycles. The fraction of sp³-hybridized carbons (Fsp3) is 0.0952. The van der Waals surface area contributed by atoms with Gasteiger partial charge in [0.05, 0.1) is 5.56 Å². The van der Waals surface area contributed by atoms with Gasteiger partial charge >= 0.3 is 6.18 Å². The Labute approximate surface area is 157 Å². The lowest BCUT2D eigenvalue weighted by Gasteiger charge is -2.13. The normalized spacial score (nSPS) is 11.3. The zero-order chi connectivity index (χ0) is 20.3. The summed E-state index contributed by atoms with van der Waals surface area (Å²) >= 11 is 0. The molecule has 0 atom stereocenters. The molecule has 3 aromatic rings. The first-order valence-electron chi connectivity index (χ1n) is 8.25. The van der Waals surface area contributed by atoms with Crippen molar-refractivity contribution in [3.8, 4) is 0 Å². The third-order valence-electron chi connectivity index (χ3n) is 4.12. The summed E-state index contributed by atoms with van der Waals surface area (Å²) in [7, 11) is 0. The summed E-state index contributed by atoms with van der Waals surface area (Å²) < 4.78 is 66.5. The van der Waals surface area contributed by atoms with Gasteiger partial charge in [-0.1, -0.05) is 36.4 Å². The number of amides is 1. The van der Waals surface area contributed by atoms with Crippen LogP contribution in [-0.4, -0.2) is 5.91 Å². The molecule has 0 fully saturated rings. The average Bonchev–Trinajstić information content (AvgIpc) is 2.63. The molecule has 0 aromatic heterocycles. The van der Waals surface area contributed by atoms with E-state index in [1.807, 2.05) is 0 Å². The molecule has 1 N–H and O–H groups in total. The Morgan fingerprint density at radius 1 is 0.821 bits per heavy atom. The fourth-order valence-electron chi connectivity index (χ4n) is 2.79. The smallest absolute Gasteiger partial charge is 0.322 e. The summed E-state index contributed by atoms with van der Waals surface area (Å²) in [6.45, 7) is 0. The van der Waals surface area contributed by atoms with E-state index in [1.165, 1.54) is 30.3 Å². The van der Waals surface area contributed by atoms with Crippen molar-refractivity contribution in [3.05, 3.63) is 101 Å². The number of benzene rings is 3. The largest absolute Gasteiger partial charge is 0.416 e. The molecule has 0 unspecified atom stereocenters. The second-order valence-electron chi connectivity index (χ2n) is 6.08. The Hall–Kier alpha value is -3.22. The van der Waals surface area contributed by atoms with Gasteiger partial charge in [0.25, 0.3) is 5.91 Å². The number of halogens is 5. The Morgan fingerprint density at radius 2 is 1.43 bits per heavy atom. The van der Waals surface area contributed by atoms with Crippen molar-refractivity contribution < 1.29 is 26.7 Å². The van der Waals surface area contributed by atoms with Crippen LogP contribution in [0.15, 0.2) is 66.7 Å². The minimum absolute atomic E-state index is 0.0475. The monoisotopic (exact) mass is 391 g/mol. The fourth-order valence-corrected chi connectivity index (χ4v) is 2.79. The summed E-state index contributed by atoms with van der Waals surface area (Å²) in [5.41, 5.74) is -0.430. The lowest BCUT2D eigenvalue weighted by molar-refractivity contribution is -0.138.